The van der Waals surface area contributed by atoms with Crippen LogP contribution in [-0.2, 0) is 24.0 Å². The van der Waals surface area contributed by atoms with Gasteiger partial charge in [0.05, 0.1) is 23.7 Å². The van der Waals surface area contributed by atoms with Crippen LogP contribution in [-0.4, -0.2) is 30.4 Å². The second kappa shape index (κ2) is 7.97. The zero-order valence-corrected chi connectivity index (χ0v) is 16.0. The van der Waals surface area contributed by atoms with E-state index < -0.39 is 0 Å². The van der Waals surface area contributed by atoms with Gasteiger partial charge in [-0.25, -0.2) is 0 Å². The third-order valence-electron chi connectivity index (χ3n) is 7.54. The Morgan fingerprint density at radius 1 is 0.536 bits per heavy atom. The minimum Gasteiger partial charge on any atom is -0.307 e. The molecule has 4 saturated carbocycles. The summed E-state index contributed by atoms with van der Waals surface area (Å²) in [4.78, 5) is 53.3. The van der Waals surface area contributed by atoms with Crippen molar-refractivity contribution >= 4 is 30.4 Å². The molecule has 6 rings (SSSR count). The zero-order valence-electron chi connectivity index (χ0n) is 16.0. The molecule has 0 radical (unpaired) electrons. The summed E-state index contributed by atoms with van der Waals surface area (Å²) in [5.74, 6) is 2.28. The number of hydrogen-bond donors (Lipinski definition) is 2. The Hall–Kier alpha value is -2.31. The fourth-order valence-corrected chi connectivity index (χ4v) is 6.67. The van der Waals surface area contributed by atoms with Crippen LogP contribution in [0.5, 0.6) is 0 Å². The van der Waals surface area contributed by atoms with Crippen LogP contribution in [0.4, 0.5) is 0 Å². The number of nitrogens with one attached hydrogen (secondary N) is 2. The van der Waals surface area contributed by atoms with Crippen LogP contribution in [0.1, 0.15) is 38.5 Å². The average molecular weight is 388 g/mol. The van der Waals surface area contributed by atoms with Gasteiger partial charge in [0.15, 0.2) is 0 Å². The van der Waals surface area contributed by atoms with E-state index >= 15 is 0 Å². The van der Waals surface area contributed by atoms with Crippen LogP contribution in [0, 0.1) is 47.3 Å². The predicted molar refractivity (Wildman–Crippen MR) is 100 cm³/mol. The summed E-state index contributed by atoms with van der Waals surface area (Å²) in [6.07, 6.45) is 6.88. The first-order chi connectivity index (χ1) is 13.5. The van der Waals surface area contributed by atoms with Gasteiger partial charge in [-0.05, 0) is 62.2 Å². The van der Waals surface area contributed by atoms with Crippen molar-refractivity contribution in [1.29, 1.82) is 0 Å². The van der Waals surface area contributed by atoms with E-state index in [0.29, 0.717) is 23.7 Å². The molecule has 0 aromatic carbocycles. The molecule has 0 spiro atoms. The lowest BCUT2D eigenvalue weighted by Gasteiger charge is -2.19. The Morgan fingerprint density at radius 2 is 0.750 bits per heavy atom. The molecule has 6 aliphatic rings. The van der Waals surface area contributed by atoms with Crippen LogP contribution < -0.4 is 10.6 Å². The highest BCUT2D eigenvalue weighted by Crippen LogP contribution is 2.55. The highest BCUT2D eigenvalue weighted by molar-refractivity contribution is 6.06. The average Bonchev–Trinajstić information content (AvgIpc) is 3.52. The minimum absolute atomic E-state index is 0.00259. The van der Waals surface area contributed by atoms with E-state index in [0.717, 1.165) is 38.5 Å². The molecule has 4 bridgehead atoms. The molecule has 0 aromatic heterocycles. The van der Waals surface area contributed by atoms with Gasteiger partial charge >= 0.3 is 0 Å². The molecule has 28 heavy (non-hydrogen) atoms. The van der Waals surface area contributed by atoms with Crippen LogP contribution in [0.2, 0.25) is 0 Å². The lowest BCUT2D eigenvalue weighted by atomic mass is 9.81. The fraction of sp³-hybridized carbons (Fsp3) is 0.667. The predicted octanol–water partition coefficient (Wildman–Crippen LogP) is 1.23. The molecule has 2 heterocycles. The van der Waals surface area contributed by atoms with Crippen LogP contribution in [0.3, 0.4) is 0 Å². The third kappa shape index (κ3) is 3.01. The Kier molecular flexibility index (Phi) is 5.82. The summed E-state index contributed by atoms with van der Waals surface area (Å²) < 4.78 is 0. The second-order valence-corrected chi connectivity index (χ2v) is 8.48. The molecule has 8 atom stereocenters. The van der Waals surface area contributed by atoms with Crippen LogP contribution in [0.15, 0.2) is 13.2 Å². The number of imide groups is 2. The van der Waals surface area contributed by atoms with Crippen molar-refractivity contribution < 1.29 is 24.0 Å². The topological polar surface area (TPSA) is 109 Å². The summed E-state index contributed by atoms with van der Waals surface area (Å²) in [5.41, 5.74) is 0. The molecule has 4 aliphatic carbocycles. The Bertz CT molecular complexity index is 582. The number of carbonyl (C=O) groups excluding carboxylic acids is 5. The van der Waals surface area contributed by atoms with E-state index in [-0.39, 0.29) is 47.3 Å². The van der Waals surface area contributed by atoms with Gasteiger partial charge in [-0.15, -0.1) is 13.2 Å². The highest BCUT2D eigenvalue weighted by atomic mass is 16.2. The lowest BCUT2D eigenvalue weighted by molar-refractivity contribution is -0.128. The van der Waals surface area contributed by atoms with E-state index in [4.69, 9.17) is 4.79 Å². The van der Waals surface area contributed by atoms with Gasteiger partial charge in [-0.2, -0.15) is 0 Å². The summed E-state index contributed by atoms with van der Waals surface area (Å²) in [7, 11) is 0. The SMILES string of the molecule is C=C.C=O.O=C1NC(=O)[C@H]2[C@@H]3CC[C@@H](C3)[C@@H]12.O=C1NC(=O)[C@H]2[C@@H]3CC[C@@H](C3)[C@@H]12. The van der Waals surface area contributed by atoms with Crippen molar-refractivity contribution in [3.8, 4) is 0 Å². The van der Waals surface area contributed by atoms with E-state index in [1.807, 2.05) is 6.79 Å². The quantitative estimate of drug-likeness (QED) is 0.479. The number of fused-ring (bicyclic) bond motifs is 10. The molecule has 0 aromatic rings. The maximum Gasteiger partial charge on any atom is 0.230 e. The monoisotopic (exact) mass is 388 g/mol. The normalized spacial score (nSPS) is 42.9. The summed E-state index contributed by atoms with van der Waals surface area (Å²) in [5, 5.41) is 4.88. The number of amides is 4. The maximum absolute atomic E-state index is 11.3. The summed E-state index contributed by atoms with van der Waals surface area (Å²) >= 11 is 0. The molecular weight excluding hydrogens is 360 g/mol. The van der Waals surface area contributed by atoms with Gasteiger partial charge < -0.3 is 4.79 Å². The highest BCUT2D eigenvalue weighted by Gasteiger charge is 2.58. The van der Waals surface area contributed by atoms with E-state index in [1.165, 1.54) is 0 Å². The molecule has 152 valence electrons. The first-order valence-corrected chi connectivity index (χ1v) is 10.0. The Balaban J connectivity index is 0.000000137. The number of carbonyl (C=O) groups is 5. The molecule has 6 fully saturated rings. The molecule has 4 amide bonds. The van der Waals surface area contributed by atoms with Gasteiger partial charge in [0, 0.05) is 0 Å². The van der Waals surface area contributed by atoms with E-state index in [2.05, 4.69) is 23.8 Å². The van der Waals surface area contributed by atoms with Crippen molar-refractivity contribution in [3.05, 3.63) is 13.2 Å². The summed E-state index contributed by atoms with van der Waals surface area (Å²) in [6.45, 7) is 8.00. The van der Waals surface area contributed by atoms with Gasteiger partial charge in [0.1, 0.15) is 6.79 Å². The maximum atomic E-state index is 11.3. The van der Waals surface area contributed by atoms with Crippen LogP contribution >= 0.6 is 0 Å². The van der Waals surface area contributed by atoms with Crippen molar-refractivity contribution in [2.24, 2.45) is 47.3 Å². The van der Waals surface area contributed by atoms with E-state index in [9.17, 15) is 19.2 Å². The molecule has 2 saturated heterocycles. The minimum atomic E-state index is -0.00259. The van der Waals surface area contributed by atoms with Gasteiger partial charge in [-0.1, -0.05) is 0 Å². The first-order valence-electron chi connectivity index (χ1n) is 10.0. The largest absolute Gasteiger partial charge is 0.307 e. The number of hydrogen-bond acceptors (Lipinski definition) is 5. The van der Waals surface area contributed by atoms with Gasteiger partial charge in [0.25, 0.3) is 0 Å². The number of rotatable bonds is 0. The van der Waals surface area contributed by atoms with Gasteiger partial charge in [0.2, 0.25) is 23.6 Å². The van der Waals surface area contributed by atoms with Crippen molar-refractivity contribution in [3.63, 3.8) is 0 Å². The third-order valence-corrected chi connectivity index (χ3v) is 7.54. The second-order valence-electron chi connectivity index (χ2n) is 8.48. The zero-order chi connectivity index (χ0) is 20.6. The fourth-order valence-electron chi connectivity index (χ4n) is 6.67. The first kappa shape index (κ1) is 20.4. The molecule has 7 nitrogen and oxygen atoms in total. The van der Waals surface area contributed by atoms with Crippen LogP contribution in [0.25, 0.3) is 0 Å². The molecule has 0 unspecified atom stereocenters. The standard InChI is InChI=1S/2C9H11NO2.C2H4.CH2O/c2*11-8-6-4-1-2-5(3-4)7(6)9(12)10-8;2*1-2/h2*4-7H,1-3H2,(H,10,11,12);1-2H2;1H2/t2*4-,5+,6+,7-;;. The Morgan fingerprint density at radius 3 is 0.964 bits per heavy atom. The van der Waals surface area contributed by atoms with Crippen molar-refractivity contribution in [2.75, 3.05) is 0 Å². The molecule has 2 aliphatic heterocycles. The van der Waals surface area contributed by atoms with Gasteiger partial charge in [-0.3, -0.25) is 29.8 Å². The molecular formula is C21H28N2O5. The summed E-state index contributed by atoms with van der Waals surface area (Å²) in [6, 6.07) is 0. The van der Waals surface area contributed by atoms with Crippen molar-refractivity contribution in [2.45, 2.75) is 38.5 Å². The smallest absolute Gasteiger partial charge is 0.230 e. The molecule has 2 N–H and O–H groups in total. The molecule has 7 heteroatoms. The van der Waals surface area contributed by atoms with E-state index in [1.54, 1.807) is 0 Å². The Labute approximate surface area is 164 Å². The lowest BCUT2D eigenvalue weighted by Crippen LogP contribution is -2.24. The van der Waals surface area contributed by atoms with Crippen molar-refractivity contribution in [1.82, 2.24) is 10.6 Å².